The van der Waals surface area contributed by atoms with E-state index in [2.05, 4.69) is 13.8 Å². The second-order valence-electron chi connectivity index (χ2n) is 7.99. The number of unbranched alkanes of at least 4 members (excludes halogenated alkanes) is 1. The van der Waals surface area contributed by atoms with E-state index in [4.69, 9.17) is 5.73 Å². The van der Waals surface area contributed by atoms with Gasteiger partial charge in [0.1, 0.15) is 0 Å². The fraction of sp³-hybridized carbons (Fsp3) is 0.941. The number of carbonyl (C=O) groups is 1. The molecule has 0 bridgehead atoms. The molecule has 6 nitrogen and oxygen atoms in total. The van der Waals surface area contributed by atoms with Gasteiger partial charge in [0.15, 0.2) is 0 Å². The van der Waals surface area contributed by atoms with Gasteiger partial charge in [0.25, 0.3) is 0 Å². The molecular formula is C17H34ClN3O3S. The van der Waals surface area contributed by atoms with E-state index in [1.807, 2.05) is 11.8 Å². The predicted molar refractivity (Wildman–Crippen MR) is 103 cm³/mol. The molecule has 2 saturated heterocycles. The van der Waals surface area contributed by atoms with Crippen molar-refractivity contribution >= 4 is 28.3 Å². The lowest BCUT2D eigenvalue weighted by Gasteiger charge is -2.44. The van der Waals surface area contributed by atoms with Crippen molar-refractivity contribution in [3.8, 4) is 0 Å². The number of amides is 1. The van der Waals surface area contributed by atoms with Crippen molar-refractivity contribution in [3.63, 3.8) is 0 Å². The van der Waals surface area contributed by atoms with Gasteiger partial charge < -0.3 is 10.6 Å². The topological polar surface area (TPSA) is 83.7 Å². The lowest BCUT2D eigenvalue weighted by molar-refractivity contribution is -0.140. The van der Waals surface area contributed by atoms with E-state index in [1.165, 1.54) is 0 Å². The fourth-order valence-electron chi connectivity index (χ4n) is 3.66. The van der Waals surface area contributed by atoms with Gasteiger partial charge in [0, 0.05) is 38.1 Å². The van der Waals surface area contributed by atoms with Gasteiger partial charge in [-0.05, 0) is 31.1 Å². The van der Waals surface area contributed by atoms with Crippen molar-refractivity contribution < 1.29 is 13.2 Å². The van der Waals surface area contributed by atoms with E-state index in [0.29, 0.717) is 38.9 Å². The maximum Gasteiger partial charge on any atom is 0.225 e. The number of halogens is 1. The summed E-state index contributed by atoms with van der Waals surface area (Å²) in [6, 6.07) is 0.132. The summed E-state index contributed by atoms with van der Waals surface area (Å²) in [5, 5.41) is 0. The average molecular weight is 396 g/mol. The number of nitrogens with zero attached hydrogens (tertiary/aromatic N) is 2. The maximum atomic E-state index is 12.8. The Labute approximate surface area is 159 Å². The number of hydrogen-bond donors (Lipinski definition) is 1. The number of sulfonamides is 1. The van der Waals surface area contributed by atoms with Gasteiger partial charge in [-0.15, -0.1) is 12.4 Å². The lowest BCUT2D eigenvalue weighted by atomic mass is 9.79. The maximum absolute atomic E-state index is 12.8. The lowest BCUT2D eigenvalue weighted by Crippen LogP contribution is -2.55. The zero-order chi connectivity index (χ0) is 18.0. The summed E-state index contributed by atoms with van der Waals surface area (Å²) < 4.78 is 26.1. The van der Waals surface area contributed by atoms with Gasteiger partial charge in [0.05, 0.1) is 5.75 Å². The minimum absolute atomic E-state index is 0. The highest BCUT2D eigenvalue weighted by Crippen LogP contribution is 2.30. The molecule has 0 aromatic heterocycles. The van der Waals surface area contributed by atoms with Gasteiger partial charge in [-0.1, -0.05) is 27.2 Å². The van der Waals surface area contributed by atoms with Gasteiger partial charge in [-0.3, -0.25) is 4.79 Å². The molecule has 1 unspecified atom stereocenters. The standard InChI is InChI=1S/C17H33N3O3S.ClH/c1-4-5-12-24(22,23)20-10-6-14(7-11-20)16(21)19-9-8-15(18)17(2,3)13-19;/h14-15H,4-13,18H2,1-3H3;1H. The Kier molecular flexibility index (Phi) is 8.18. The molecule has 2 aliphatic heterocycles. The Bertz CT molecular complexity index is 545. The number of rotatable bonds is 5. The Morgan fingerprint density at radius 1 is 1.16 bits per heavy atom. The smallest absolute Gasteiger partial charge is 0.225 e. The van der Waals surface area contributed by atoms with Crippen LogP contribution in [0.25, 0.3) is 0 Å². The molecule has 1 amide bonds. The van der Waals surface area contributed by atoms with Gasteiger partial charge in [-0.25, -0.2) is 12.7 Å². The Morgan fingerprint density at radius 3 is 2.28 bits per heavy atom. The minimum Gasteiger partial charge on any atom is -0.342 e. The summed E-state index contributed by atoms with van der Waals surface area (Å²) in [4.78, 5) is 14.7. The van der Waals surface area contributed by atoms with Crippen molar-refractivity contribution in [2.75, 3.05) is 31.9 Å². The summed E-state index contributed by atoms with van der Waals surface area (Å²) in [6.45, 7) is 8.57. The summed E-state index contributed by atoms with van der Waals surface area (Å²) in [7, 11) is -3.15. The van der Waals surface area contributed by atoms with Crippen LogP contribution in [0.15, 0.2) is 0 Å². The number of hydrogen-bond acceptors (Lipinski definition) is 4. The fourth-order valence-corrected chi connectivity index (χ4v) is 5.34. The van der Waals surface area contributed by atoms with Crippen LogP contribution in [0.4, 0.5) is 0 Å². The van der Waals surface area contributed by atoms with Crippen molar-refractivity contribution in [1.82, 2.24) is 9.21 Å². The van der Waals surface area contributed by atoms with Crippen molar-refractivity contribution in [1.29, 1.82) is 0 Å². The van der Waals surface area contributed by atoms with E-state index in [0.717, 1.165) is 19.4 Å². The third kappa shape index (κ3) is 5.55. The average Bonchev–Trinajstić information content (AvgIpc) is 2.55. The molecule has 2 aliphatic rings. The molecule has 2 fully saturated rings. The van der Waals surface area contributed by atoms with Crippen LogP contribution in [0.1, 0.15) is 52.9 Å². The summed E-state index contributed by atoms with van der Waals surface area (Å²) in [5.41, 5.74) is 6.09. The second kappa shape index (κ2) is 9.02. The third-order valence-corrected chi connectivity index (χ3v) is 7.53. The highest BCUT2D eigenvalue weighted by atomic mass is 35.5. The van der Waals surface area contributed by atoms with Crippen LogP contribution in [0, 0.1) is 11.3 Å². The first-order chi connectivity index (χ1) is 11.2. The number of nitrogens with two attached hydrogens (primary N) is 1. The number of likely N-dealkylation sites (tertiary alicyclic amines) is 1. The molecule has 0 saturated carbocycles. The zero-order valence-electron chi connectivity index (χ0n) is 15.7. The molecular weight excluding hydrogens is 362 g/mol. The molecule has 2 N–H and O–H groups in total. The molecule has 0 spiro atoms. The van der Waals surface area contributed by atoms with Crippen LogP contribution in [0.3, 0.4) is 0 Å². The zero-order valence-corrected chi connectivity index (χ0v) is 17.4. The first-order valence-electron chi connectivity index (χ1n) is 9.19. The van der Waals surface area contributed by atoms with Crippen molar-refractivity contribution in [2.24, 2.45) is 17.1 Å². The SMILES string of the molecule is CCCCS(=O)(=O)N1CCC(C(=O)N2CCC(N)C(C)(C)C2)CC1.Cl. The highest BCUT2D eigenvalue weighted by molar-refractivity contribution is 7.89. The van der Waals surface area contributed by atoms with E-state index in [-0.39, 0.29) is 41.4 Å². The van der Waals surface area contributed by atoms with E-state index in [9.17, 15) is 13.2 Å². The van der Waals surface area contributed by atoms with Crippen molar-refractivity contribution in [3.05, 3.63) is 0 Å². The highest BCUT2D eigenvalue weighted by Gasteiger charge is 2.38. The molecule has 25 heavy (non-hydrogen) atoms. The van der Waals surface area contributed by atoms with E-state index < -0.39 is 10.0 Å². The van der Waals surface area contributed by atoms with Crippen LogP contribution in [0.5, 0.6) is 0 Å². The molecule has 0 aromatic carbocycles. The summed E-state index contributed by atoms with van der Waals surface area (Å²) >= 11 is 0. The largest absolute Gasteiger partial charge is 0.342 e. The molecule has 0 aliphatic carbocycles. The summed E-state index contributed by atoms with van der Waals surface area (Å²) in [5.74, 6) is 0.355. The quantitative estimate of drug-likeness (QED) is 0.769. The molecule has 8 heteroatoms. The number of piperidine rings is 2. The van der Waals surface area contributed by atoms with Gasteiger partial charge >= 0.3 is 0 Å². The van der Waals surface area contributed by atoms with Crippen LogP contribution < -0.4 is 5.73 Å². The molecule has 0 radical (unpaired) electrons. The monoisotopic (exact) mass is 395 g/mol. The van der Waals surface area contributed by atoms with Gasteiger partial charge in [-0.2, -0.15) is 0 Å². The third-order valence-electron chi connectivity index (χ3n) is 5.58. The first kappa shape index (κ1) is 22.7. The van der Waals surface area contributed by atoms with Crippen LogP contribution >= 0.6 is 12.4 Å². The van der Waals surface area contributed by atoms with Crippen LogP contribution in [-0.2, 0) is 14.8 Å². The van der Waals surface area contributed by atoms with Crippen molar-refractivity contribution in [2.45, 2.75) is 58.9 Å². The summed E-state index contributed by atoms with van der Waals surface area (Å²) in [6.07, 6.45) is 3.68. The normalized spacial score (nSPS) is 25.4. The second-order valence-corrected chi connectivity index (χ2v) is 10.1. The van der Waals surface area contributed by atoms with E-state index >= 15 is 0 Å². The van der Waals surface area contributed by atoms with Crippen LogP contribution in [-0.4, -0.2) is 61.5 Å². The molecule has 2 heterocycles. The first-order valence-corrected chi connectivity index (χ1v) is 10.8. The minimum atomic E-state index is -3.15. The van der Waals surface area contributed by atoms with Gasteiger partial charge in [0.2, 0.25) is 15.9 Å². The molecule has 148 valence electrons. The van der Waals surface area contributed by atoms with E-state index in [1.54, 1.807) is 4.31 Å². The Balaban J connectivity index is 0.00000312. The Hall–Kier alpha value is -0.370. The molecule has 0 aromatic rings. The number of carbonyl (C=O) groups excluding carboxylic acids is 1. The Morgan fingerprint density at radius 2 is 1.76 bits per heavy atom. The van der Waals surface area contributed by atoms with Crippen LogP contribution in [0.2, 0.25) is 0 Å². The molecule has 2 rings (SSSR count). The molecule has 1 atom stereocenters. The predicted octanol–water partition coefficient (Wildman–Crippen LogP) is 1.84.